The molecule has 0 aliphatic carbocycles. The number of esters is 1. The van der Waals surface area contributed by atoms with Crippen LogP contribution in [0.4, 0.5) is 0 Å². The van der Waals surface area contributed by atoms with Gasteiger partial charge in [0.25, 0.3) is 0 Å². The molecule has 0 spiro atoms. The number of halogens is 1. The largest absolute Gasteiger partial charge is 0.462 e. The standard InChI is InChI=1S/C15H21BrN2O3/c1-2-20-15(19)11-7-14(16)21-13(11)8-17-12-9-18-5-3-10(12)4-6-18/h7,10,12,17H,2-6,8-9H2,1H3/t12-/m0/s1. The Bertz CT molecular complexity index is 509. The molecule has 0 aromatic carbocycles. The molecule has 5 nitrogen and oxygen atoms in total. The van der Waals surface area contributed by atoms with Gasteiger partial charge in [-0.05, 0) is 54.7 Å². The molecule has 1 aromatic heterocycles. The molecular weight excluding hydrogens is 336 g/mol. The zero-order valence-electron chi connectivity index (χ0n) is 12.2. The Hall–Kier alpha value is -0.850. The van der Waals surface area contributed by atoms with E-state index in [-0.39, 0.29) is 5.97 Å². The molecule has 0 amide bonds. The lowest BCUT2D eigenvalue weighted by Crippen LogP contribution is -2.55. The number of carbonyl (C=O) groups excluding carboxylic acids is 1. The van der Waals surface area contributed by atoms with Gasteiger partial charge in [0.2, 0.25) is 0 Å². The van der Waals surface area contributed by atoms with Crippen molar-refractivity contribution in [3.05, 3.63) is 22.1 Å². The summed E-state index contributed by atoms with van der Waals surface area (Å²) >= 11 is 3.29. The van der Waals surface area contributed by atoms with Crippen molar-refractivity contribution < 1.29 is 13.9 Å². The minimum atomic E-state index is -0.322. The normalized spacial score (nSPS) is 27.8. The number of fused-ring (bicyclic) bond motifs is 3. The highest BCUT2D eigenvalue weighted by Gasteiger charge is 2.34. The van der Waals surface area contributed by atoms with Crippen LogP contribution in [-0.4, -0.2) is 43.2 Å². The average molecular weight is 357 g/mol. The second-order valence-corrected chi connectivity index (χ2v) is 6.51. The van der Waals surface area contributed by atoms with E-state index in [1.165, 1.54) is 25.9 Å². The maximum absolute atomic E-state index is 11.9. The summed E-state index contributed by atoms with van der Waals surface area (Å²) in [5, 5.41) is 3.56. The summed E-state index contributed by atoms with van der Waals surface area (Å²) < 4.78 is 11.2. The van der Waals surface area contributed by atoms with Gasteiger partial charge in [-0.3, -0.25) is 0 Å². The molecule has 3 aliphatic heterocycles. The van der Waals surface area contributed by atoms with Gasteiger partial charge >= 0.3 is 5.97 Å². The van der Waals surface area contributed by atoms with E-state index in [1.54, 1.807) is 13.0 Å². The number of ether oxygens (including phenoxy) is 1. The van der Waals surface area contributed by atoms with Gasteiger partial charge in [-0.2, -0.15) is 0 Å². The van der Waals surface area contributed by atoms with Crippen molar-refractivity contribution in [1.82, 2.24) is 10.2 Å². The minimum Gasteiger partial charge on any atom is -0.462 e. The summed E-state index contributed by atoms with van der Waals surface area (Å²) in [5.74, 6) is 1.08. The molecule has 6 heteroatoms. The molecule has 21 heavy (non-hydrogen) atoms. The molecule has 0 unspecified atom stereocenters. The lowest BCUT2D eigenvalue weighted by atomic mass is 9.84. The van der Waals surface area contributed by atoms with Crippen LogP contribution < -0.4 is 5.32 Å². The van der Waals surface area contributed by atoms with E-state index in [4.69, 9.17) is 9.15 Å². The van der Waals surface area contributed by atoms with Crippen LogP contribution >= 0.6 is 15.9 Å². The quantitative estimate of drug-likeness (QED) is 0.821. The molecule has 1 N–H and O–H groups in total. The number of nitrogens with one attached hydrogen (secondary N) is 1. The van der Waals surface area contributed by atoms with Gasteiger partial charge in [0.05, 0.1) is 13.2 Å². The highest BCUT2D eigenvalue weighted by molar-refractivity contribution is 9.10. The van der Waals surface area contributed by atoms with Crippen molar-refractivity contribution in [2.45, 2.75) is 32.4 Å². The van der Waals surface area contributed by atoms with E-state index in [1.807, 2.05) is 0 Å². The number of hydrogen-bond donors (Lipinski definition) is 1. The first-order chi connectivity index (χ1) is 10.2. The molecule has 4 rings (SSSR count). The topological polar surface area (TPSA) is 54.7 Å². The van der Waals surface area contributed by atoms with Crippen molar-refractivity contribution in [2.75, 3.05) is 26.2 Å². The molecular formula is C15H21BrN2O3. The second-order valence-electron chi connectivity index (χ2n) is 5.73. The van der Waals surface area contributed by atoms with Crippen LogP contribution in [0.3, 0.4) is 0 Å². The first-order valence-corrected chi connectivity index (χ1v) is 8.37. The number of rotatable bonds is 5. The summed E-state index contributed by atoms with van der Waals surface area (Å²) in [4.78, 5) is 14.4. The lowest BCUT2D eigenvalue weighted by molar-refractivity contribution is 0.0521. The third-order valence-electron chi connectivity index (χ3n) is 4.46. The van der Waals surface area contributed by atoms with Crippen molar-refractivity contribution in [2.24, 2.45) is 5.92 Å². The van der Waals surface area contributed by atoms with Gasteiger partial charge in [-0.15, -0.1) is 0 Å². The van der Waals surface area contributed by atoms with Gasteiger partial charge in [-0.25, -0.2) is 4.79 Å². The molecule has 3 saturated heterocycles. The van der Waals surface area contributed by atoms with Crippen LogP contribution in [0.5, 0.6) is 0 Å². The van der Waals surface area contributed by atoms with Crippen molar-refractivity contribution >= 4 is 21.9 Å². The summed E-state index contributed by atoms with van der Waals surface area (Å²) in [6.45, 7) is 6.29. The Labute approximate surface area is 133 Å². The highest BCUT2D eigenvalue weighted by Crippen LogP contribution is 2.28. The molecule has 2 bridgehead atoms. The van der Waals surface area contributed by atoms with Crippen molar-refractivity contribution in [3.8, 4) is 0 Å². The van der Waals surface area contributed by atoms with Crippen LogP contribution in [0.2, 0.25) is 0 Å². The van der Waals surface area contributed by atoms with Gasteiger partial charge < -0.3 is 19.4 Å². The Morgan fingerprint density at radius 3 is 2.90 bits per heavy atom. The highest BCUT2D eigenvalue weighted by atomic mass is 79.9. The first kappa shape index (κ1) is 15.1. The van der Waals surface area contributed by atoms with Crippen LogP contribution in [-0.2, 0) is 11.3 Å². The number of nitrogens with zero attached hydrogens (tertiary/aromatic N) is 1. The monoisotopic (exact) mass is 356 g/mol. The number of hydrogen-bond acceptors (Lipinski definition) is 5. The second kappa shape index (κ2) is 6.50. The van der Waals surface area contributed by atoms with Crippen LogP contribution in [0, 0.1) is 5.92 Å². The first-order valence-electron chi connectivity index (χ1n) is 7.58. The lowest BCUT2D eigenvalue weighted by Gasteiger charge is -2.45. The molecule has 116 valence electrons. The van der Waals surface area contributed by atoms with E-state index >= 15 is 0 Å². The molecule has 1 atom stereocenters. The third-order valence-corrected chi connectivity index (χ3v) is 4.85. The number of furan rings is 1. The smallest absolute Gasteiger partial charge is 0.341 e. The number of piperidine rings is 3. The Morgan fingerprint density at radius 1 is 1.52 bits per heavy atom. The summed E-state index contributed by atoms with van der Waals surface area (Å²) in [7, 11) is 0. The zero-order chi connectivity index (χ0) is 14.8. The molecule has 3 fully saturated rings. The molecule has 1 aromatic rings. The Balaban J connectivity index is 1.64. The zero-order valence-corrected chi connectivity index (χ0v) is 13.8. The summed E-state index contributed by atoms with van der Waals surface area (Å²) in [6.07, 6.45) is 2.54. The van der Waals surface area contributed by atoms with E-state index in [0.717, 1.165) is 12.5 Å². The Kier molecular flexibility index (Phi) is 4.66. The average Bonchev–Trinajstić information content (AvgIpc) is 2.88. The van der Waals surface area contributed by atoms with E-state index < -0.39 is 0 Å². The maximum atomic E-state index is 11.9. The SMILES string of the molecule is CCOC(=O)c1cc(Br)oc1CN[C@H]1CN2CCC1CC2. The van der Waals surface area contributed by atoms with Crippen LogP contribution in [0.15, 0.2) is 15.2 Å². The van der Waals surface area contributed by atoms with Gasteiger partial charge in [0.1, 0.15) is 11.3 Å². The molecule has 0 saturated carbocycles. The van der Waals surface area contributed by atoms with E-state index in [2.05, 4.69) is 26.1 Å². The third kappa shape index (κ3) is 3.33. The van der Waals surface area contributed by atoms with Gasteiger partial charge in [0, 0.05) is 18.7 Å². The Morgan fingerprint density at radius 2 is 2.29 bits per heavy atom. The maximum Gasteiger partial charge on any atom is 0.341 e. The van der Waals surface area contributed by atoms with Gasteiger partial charge in [0.15, 0.2) is 4.67 Å². The van der Waals surface area contributed by atoms with E-state index in [0.29, 0.717) is 35.2 Å². The van der Waals surface area contributed by atoms with Gasteiger partial charge in [-0.1, -0.05) is 0 Å². The molecule has 4 heterocycles. The van der Waals surface area contributed by atoms with E-state index in [9.17, 15) is 4.79 Å². The number of carbonyl (C=O) groups is 1. The van der Waals surface area contributed by atoms with Crippen LogP contribution in [0.1, 0.15) is 35.9 Å². The fraction of sp³-hybridized carbons (Fsp3) is 0.667. The van der Waals surface area contributed by atoms with Crippen molar-refractivity contribution in [3.63, 3.8) is 0 Å². The predicted octanol–water partition coefficient (Wildman–Crippen LogP) is 2.40. The minimum absolute atomic E-state index is 0.322. The molecule has 0 radical (unpaired) electrons. The fourth-order valence-corrected chi connectivity index (χ4v) is 3.75. The van der Waals surface area contributed by atoms with Crippen molar-refractivity contribution in [1.29, 1.82) is 0 Å². The summed E-state index contributed by atoms with van der Waals surface area (Å²) in [6, 6.07) is 2.18. The summed E-state index contributed by atoms with van der Waals surface area (Å²) in [5.41, 5.74) is 0.512. The molecule has 3 aliphatic rings. The van der Waals surface area contributed by atoms with Crippen LogP contribution in [0.25, 0.3) is 0 Å². The predicted molar refractivity (Wildman–Crippen MR) is 82.2 cm³/mol. The fourth-order valence-electron chi connectivity index (χ4n) is 3.33.